The van der Waals surface area contributed by atoms with E-state index in [9.17, 15) is 14.0 Å². The van der Waals surface area contributed by atoms with Gasteiger partial charge < -0.3 is 0 Å². The molecule has 0 fully saturated rings. The van der Waals surface area contributed by atoms with E-state index in [4.69, 9.17) is 0 Å². The van der Waals surface area contributed by atoms with E-state index in [0.29, 0.717) is 0 Å². The first-order chi connectivity index (χ1) is 7.45. The third-order valence-corrected chi connectivity index (χ3v) is 2.37. The lowest BCUT2D eigenvalue weighted by molar-refractivity contribution is -0.121. The highest BCUT2D eigenvalue weighted by molar-refractivity contribution is 6.13. The van der Waals surface area contributed by atoms with Crippen LogP contribution in [0.25, 0.3) is 0 Å². The average molecular weight is 222 g/mol. The lowest BCUT2D eigenvalue weighted by Gasteiger charge is -2.07. The molecule has 16 heavy (non-hydrogen) atoms. The molecule has 1 rings (SSSR count). The number of ketones is 2. The van der Waals surface area contributed by atoms with Crippen molar-refractivity contribution >= 4 is 11.6 Å². The normalized spacial score (nSPS) is 12.2. The molecule has 0 aromatic heterocycles. The van der Waals surface area contributed by atoms with Crippen molar-refractivity contribution in [3.8, 4) is 0 Å². The van der Waals surface area contributed by atoms with Gasteiger partial charge in [0.15, 0.2) is 5.78 Å². The Kier molecular flexibility index (Phi) is 3.93. The lowest BCUT2D eigenvalue weighted by Crippen LogP contribution is -2.25. The maximum absolute atomic E-state index is 13.4. The van der Waals surface area contributed by atoms with Gasteiger partial charge in [0, 0.05) is 12.0 Å². The third kappa shape index (κ3) is 2.75. The zero-order valence-corrected chi connectivity index (χ0v) is 9.71. The van der Waals surface area contributed by atoms with E-state index in [1.54, 1.807) is 19.1 Å². The largest absolute Gasteiger partial charge is 0.296 e. The summed E-state index contributed by atoms with van der Waals surface area (Å²) in [5.41, 5.74) is 2.05. The molecule has 0 aliphatic rings. The number of hydrogen-bond donors (Lipinski definition) is 0. The number of hydrogen-bond acceptors (Lipinski definition) is 2. The van der Waals surface area contributed by atoms with Gasteiger partial charge >= 0.3 is 0 Å². The number of rotatable bonds is 4. The number of carbonyl (C=O) groups is 2. The van der Waals surface area contributed by atoms with E-state index in [0.717, 1.165) is 11.1 Å². The molecule has 1 unspecified atom stereocenters. The molecule has 0 aliphatic heterocycles. The molecular formula is C13H15FO2. The second kappa shape index (κ2) is 5.01. The highest BCUT2D eigenvalue weighted by atomic mass is 19.1. The van der Waals surface area contributed by atoms with Gasteiger partial charge in [-0.3, -0.25) is 9.59 Å². The molecule has 0 N–H and O–H groups in total. The quantitative estimate of drug-likeness (QED) is 0.580. The number of alkyl halides is 1. The molecule has 0 aliphatic carbocycles. The van der Waals surface area contributed by atoms with Crippen molar-refractivity contribution in [1.29, 1.82) is 0 Å². The Balaban J connectivity index is 3.00. The molecule has 0 spiro atoms. The smallest absolute Gasteiger partial charge is 0.220 e. The van der Waals surface area contributed by atoms with Crippen LogP contribution in [0.3, 0.4) is 0 Å². The van der Waals surface area contributed by atoms with Crippen molar-refractivity contribution in [2.45, 2.75) is 33.4 Å². The number of halogens is 1. The van der Waals surface area contributed by atoms with Crippen molar-refractivity contribution < 1.29 is 14.0 Å². The zero-order valence-electron chi connectivity index (χ0n) is 9.71. The molecule has 1 atom stereocenters. The summed E-state index contributed by atoms with van der Waals surface area (Å²) in [7, 11) is 0. The lowest BCUT2D eigenvalue weighted by atomic mass is 9.99. The summed E-state index contributed by atoms with van der Waals surface area (Å²) in [5.74, 6) is -1.40. The number of aryl methyl sites for hydroxylation is 2. The molecular weight excluding hydrogens is 207 g/mol. The second-order valence-corrected chi connectivity index (χ2v) is 3.92. The summed E-state index contributed by atoms with van der Waals surface area (Å²) >= 11 is 0. The molecule has 0 radical (unpaired) electrons. The predicted octanol–water partition coefficient (Wildman–Crippen LogP) is 2.80. The molecule has 1 aromatic rings. The minimum Gasteiger partial charge on any atom is -0.296 e. The van der Waals surface area contributed by atoms with Crippen molar-refractivity contribution in [3.05, 3.63) is 34.9 Å². The van der Waals surface area contributed by atoms with Crippen LogP contribution in [0.4, 0.5) is 4.39 Å². The summed E-state index contributed by atoms with van der Waals surface area (Å²) in [6, 6.07) is 5.10. The first kappa shape index (κ1) is 12.6. The van der Waals surface area contributed by atoms with Crippen LogP contribution in [0.15, 0.2) is 18.2 Å². The maximum atomic E-state index is 13.4. The fraction of sp³-hybridized carbons (Fsp3) is 0.385. The first-order valence-corrected chi connectivity index (χ1v) is 5.25. The molecule has 1 aromatic carbocycles. The average Bonchev–Trinajstić information content (AvgIpc) is 2.24. The standard InChI is InChI=1S/C13H15FO2/c1-4-11(15)12(14)13(16)10-6-8(2)5-9(3)7-10/h5-7,12H,4H2,1-3H3. The highest BCUT2D eigenvalue weighted by Crippen LogP contribution is 2.13. The van der Waals surface area contributed by atoms with E-state index in [-0.39, 0.29) is 12.0 Å². The van der Waals surface area contributed by atoms with Gasteiger partial charge in [0.25, 0.3) is 0 Å². The third-order valence-electron chi connectivity index (χ3n) is 2.37. The van der Waals surface area contributed by atoms with Crippen molar-refractivity contribution in [3.63, 3.8) is 0 Å². The minimum atomic E-state index is -2.02. The van der Waals surface area contributed by atoms with Crippen molar-refractivity contribution in [2.75, 3.05) is 0 Å². The SMILES string of the molecule is CCC(=O)C(F)C(=O)c1cc(C)cc(C)c1. The van der Waals surface area contributed by atoms with E-state index in [1.165, 1.54) is 0 Å². The Labute approximate surface area is 94.5 Å². The molecule has 0 bridgehead atoms. The van der Waals surface area contributed by atoms with Gasteiger partial charge in [-0.15, -0.1) is 0 Å². The van der Waals surface area contributed by atoms with Crippen LogP contribution >= 0.6 is 0 Å². The topological polar surface area (TPSA) is 34.1 Å². The van der Waals surface area contributed by atoms with Gasteiger partial charge in [-0.05, 0) is 26.0 Å². The van der Waals surface area contributed by atoms with Crippen LogP contribution in [-0.2, 0) is 4.79 Å². The van der Waals surface area contributed by atoms with Gasteiger partial charge in [-0.2, -0.15) is 0 Å². The summed E-state index contributed by atoms with van der Waals surface area (Å²) in [4.78, 5) is 22.8. The van der Waals surface area contributed by atoms with Gasteiger partial charge in [0.05, 0.1) is 0 Å². The second-order valence-electron chi connectivity index (χ2n) is 3.92. The van der Waals surface area contributed by atoms with E-state index in [1.807, 2.05) is 19.9 Å². The highest BCUT2D eigenvalue weighted by Gasteiger charge is 2.25. The Morgan fingerprint density at radius 1 is 1.19 bits per heavy atom. The summed E-state index contributed by atoms with van der Waals surface area (Å²) in [6.07, 6.45) is -1.98. The molecule has 0 heterocycles. The summed E-state index contributed by atoms with van der Waals surface area (Å²) in [6.45, 7) is 5.21. The monoisotopic (exact) mass is 222 g/mol. The molecule has 86 valence electrons. The molecule has 0 amide bonds. The fourth-order valence-corrected chi connectivity index (χ4v) is 1.59. The molecule has 2 nitrogen and oxygen atoms in total. The predicted molar refractivity (Wildman–Crippen MR) is 60.4 cm³/mol. The maximum Gasteiger partial charge on any atom is 0.220 e. The van der Waals surface area contributed by atoms with Crippen LogP contribution in [0, 0.1) is 13.8 Å². The Morgan fingerprint density at radius 3 is 2.12 bits per heavy atom. The fourth-order valence-electron chi connectivity index (χ4n) is 1.59. The summed E-state index contributed by atoms with van der Waals surface area (Å²) < 4.78 is 13.4. The number of carbonyl (C=O) groups excluding carboxylic acids is 2. The van der Waals surface area contributed by atoms with E-state index >= 15 is 0 Å². The van der Waals surface area contributed by atoms with Crippen LogP contribution in [-0.4, -0.2) is 17.7 Å². The van der Waals surface area contributed by atoms with Crippen molar-refractivity contribution in [2.24, 2.45) is 0 Å². The Bertz CT molecular complexity index is 404. The molecule has 0 saturated heterocycles. The van der Waals surface area contributed by atoms with Gasteiger partial charge in [0.2, 0.25) is 12.0 Å². The van der Waals surface area contributed by atoms with Crippen LogP contribution in [0.1, 0.15) is 34.8 Å². The summed E-state index contributed by atoms with van der Waals surface area (Å²) in [5, 5.41) is 0. The molecule has 0 saturated carbocycles. The van der Waals surface area contributed by atoms with Crippen LogP contribution in [0.2, 0.25) is 0 Å². The Morgan fingerprint density at radius 2 is 1.69 bits per heavy atom. The van der Waals surface area contributed by atoms with E-state index in [2.05, 4.69) is 0 Å². The number of Topliss-reactive ketones (excluding diaryl/α,β-unsaturated/α-hetero) is 2. The van der Waals surface area contributed by atoms with Crippen molar-refractivity contribution in [1.82, 2.24) is 0 Å². The number of benzene rings is 1. The molecule has 3 heteroatoms. The van der Waals surface area contributed by atoms with Gasteiger partial charge in [-0.1, -0.05) is 24.1 Å². The zero-order chi connectivity index (χ0) is 12.3. The minimum absolute atomic E-state index is 0.0394. The van der Waals surface area contributed by atoms with E-state index < -0.39 is 17.7 Å². The Hall–Kier alpha value is -1.51. The van der Waals surface area contributed by atoms with Crippen LogP contribution < -0.4 is 0 Å². The van der Waals surface area contributed by atoms with Gasteiger partial charge in [0.1, 0.15) is 0 Å². The first-order valence-electron chi connectivity index (χ1n) is 5.25. The van der Waals surface area contributed by atoms with Gasteiger partial charge in [-0.25, -0.2) is 4.39 Å². The van der Waals surface area contributed by atoms with Crippen LogP contribution in [0.5, 0.6) is 0 Å².